The minimum atomic E-state index is 0.354. The van der Waals surface area contributed by atoms with Crippen molar-refractivity contribution in [3.05, 3.63) is 28.0 Å². The number of aromatic amines is 1. The lowest BCUT2D eigenvalue weighted by Gasteiger charge is -2.29. The van der Waals surface area contributed by atoms with Crippen molar-refractivity contribution in [1.82, 2.24) is 14.5 Å². The van der Waals surface area contributed by atoms with Gasteiger partial charge in [-0.15, -0.1) is 0 Å². The summed E-state index contributed by atoms with van der Waals surface area (Å²) in [5.74, 6) is 0. The van der Waals surface area contributed by atoms with Gasteiger partial charge in [-0.2, -0.15) is 0 Å². The number of nitrogens with zero attached hydrogens (tertiary/aromatic N) is 2. The molecule has 1 atom stereocenters. The molecule has 0 spiro atoms. The van der Waals surface area contributed by atoms with E-state index < -0.39 is 0 Å². The molecule has 5 heteroatoms. The van der Waals surface area contributed by atoms with Crippen molar-refractivity contribution in [3.63, 3.8) is 0 Å². The Morgan fingerprint density at radius 1 is 1.30 bits per heavy atom. The maximum absolute atomic E-state index is 6.24. The van der Waals surface area contributed by atoms with Crippen molar-refractivity contribution in [2.75, 3.05) is 19.6 Å². The third kappa shape index (κ3) is 2.65. The second-order valence-electron chi connectivity index (χ2n) is 5.64. The normalized spacial score (nSPS) is 18.5. The average molecular weight is 310 g/mol. The number of piperidine rings is 1. The van der Waals surface area contributed by atoms with Crippen LogP contribution in [0.1, 0.15) is 32.2 Å². The van der Waals surface area contributed by atoms with Gasteiger partial charge in [-0.3, -0.25) is 0 Å². The number of halogens is 1. The van der Waals surface area contributed by atoms with Crippen LogP contribution in [0.4, 0.5) is 0 Å². The van der Waals surface area contributed by atoms with Crippen LogP contribution >= 0.6 is 23.8 Å². The molecule has 2 aromatic rings. The highest BCUT2D eigenvalue weighted by molar-refractivity contribution is 7.71. The van der Waals surface area contributed by atoms with E-state index in [4.69, 9.17) is 23.8 Å². The van der Waals surface area contributed by atoms with Crippen LogP contribution in [0.3, 0.4) is 0 Å². The Bertz CT molecular complexity index is 655. The van der Waals surface area contributed by atoms with Crippen LogP contribution in [0.5, 0.6) is 0 Å². The molecular formula is C15H20ClN3S. The van der Waals surface area contributed by atoms with Gasteiger partial charge >= 0.3 is 0 Å². The molecule has 0 radical (unpaired) electrons. The fraction of sp³-hybridized carbons (Fsp3) is 0.533. The summed E-state index contributed by atoms with van der Waals surface area (Å²) < 4.78 is 2.96. The van der Waals surface area contributed by atoms with E-state index in [1.807, 2.05) is 12.1 Å². The summed E-state index contributed by atoms with van der Waals surface area (Å²) in [5.41, 5.74) is 2.05. The highest BCUT2D eigenvalue weighted by atomic mass is 35.5. The molecule has 1 N–H and O–H groups in total. The lowest BCUT2D eigenvalue weighted by Crippen LogP contribution is -2.34. The first-order valence-electron chi connectivity index (χ1n) is 7.28. The molecule has 1 aliphatic rings. The Labute approximate surface area is 129 Å². The van der Waals surface area contributed by atoms with Gasteiger partial charge in [0.1, 0.15) is 0 Å². The summed E-state index contributed by atoms with van der Waals surface area (Å²) in [6.07, 6.45) is 4.00. The van der Waals surface area contributed by atoms with Gasteiger partial charge in [0.2, 0.25) is 0 Å². The van der Waals surface area contributed by atoms with Crippen LogP contribution in [-0.2, 0) is 0 Å². The quantitative estimate of drug-likeness (QED) is 0.850. The van der Waals surface area contributed by atoms with Crippen molar-refractivity contribution in [3.8, 4) is 0 Å². The maximum atomic E-state index is 6.24. The van der Waals surface area contributed by atoms with Gasteiger partial charge in [0.15, 0.2) is 4.77 Å². The van der Waals surface area contributed by atoms with Crippen LogP contribution in [0, 0.1) is 4.77 Å². The summed E-state index contributed by atoms with van der Waals surface area (Å²) in [5, 5.41) is 0.734. The third-order valence-electron chi connectivity index (χ3n) is 4.11. The molecule has 1 aliphatic heterocycles. The first kappa shape index (κ1) is 14.1. The van der Waals surface area contributed by atoms with Gasteiger partial charge in [-0.1, -0.05) is 24.1 Å². The number of likely N-dealkylation sites (tertiary alicyclic amines) is 1. The standard InChI is InChI=1S/C15H20ClN3S/c1-11(10-18-8-3-2-4-9-18)19-13-7-5-6-12(16)14(13)17-15(19)20/h5-7,11H,2-4,8-10H2,1H3,(H,17,20). The number of fused-ring (bicyclic) bond motifs is 1. The Kier molecular flexibility index (Phi) is 4.15. The molecule has 0 amide bonds. The van der Waals surface area contributed by atoms with Crippen molar-refractivity contribution in [2.24, 2.45) is 0 Å². The van der Waals surface area contributed by atoms with E-state index >= 15 is 0 Å². The van der Waals surface area contributed by atoms with Crippen LogP contribution in [0.2, 0.25) is 5.02 Å². The monoisotopic (exact) mass is 309 g/mol. The zero-order chi connectivity index (χ0) is 14.1. The molecule has 1 aromatic heterocycles. The zero-order valence-electron chi connectivity index (χ0n) is 11.7. The summed E-state index contributed by atoms with van der Waals surface area (Å²) in [6.45, 7) is 5.70. The second-order valence-corrected chi connectivity index (χ2v) is 6.44. The third-order valence-corrected chi connectivity index (χ3v) is 4.73. The van der Waals surface area contributed by atoms with E-state index in [0.717, 1.165) is 27.4 Å². The second kappa shape index (κ2) is 5.88. The van der Waals surface area contributed by atoms with Crippen molar-refractivity contribution >= 4 is 34.9 Å². The van der Waals surface area contributed by atoms with E-state index in [-0.39, 0.29) is 0 Å². The van der Waals surface area contributed by atoms with Gasteiger partial charge in [-0.05, 0) is 57.2 Å². The molecule has 1 unspecified atom stereocenters. The van der Waals surface area contributed by atoms with Crippen LogP contribution in [0.25, 0.3) is 11.0 Å². The first-order valence-corrected chi connectivity index (χ1v) is 8.06. The van der Waals surface area contributed by atoms with E-state index in [1.165, 1.54) is 32.4 Å². The Morgan fingerprint density at radius 3 is 2.80 bits per heavy atom. The number of para-hydroxylation sites is 1. The molecule has 1 saturated heterocycles. The Morgan fingerprint density at radius 2 is 2.05 bits per heavy atom. The lowest BCUT2D eigenvalue weighted by molar-refractivity contribution is 0.202. The molecule has 0 aliphatic carbocycles. The molecule has 0 saturated carbocycles. The van der Waals surface area contributed by atoms with Gasteiger partial charge in [0.05, 0.1) is 16.1 Å². The molecule has 1 fully saturated rings. The van der Waals surface area contributed by atoms with Crippen LogP contribution in [0.15, 0.2) is 18.2 Å². The predicted octanol–water partition coefficient (Wildman–Crippen LogP) is 4.40. The number of hydrogen-bond acceptors (Lipinski definition) is 2. The fourth-order valence-corrected chi connectivity index (χ4v) is 3.75. The van der Waals surface area contributed by atoms with Gasteiger partial charge in [0.25, 0.3) is 0 Å². The number of H-pyrrole nitrogens is 1. The number of rotatable bonds is 3. The van der Waals surface area contributed by atoms with Crippen LogP contribution in [-0.4, -0.2) is 34.1 Å². The number of benzene rings is 1. The van der Waals surface area contributed by atoms with E-state index in [0.29, 0.717) is 6.04 Å². The largest absolute Gasteiger partial charge is 0.329 e. The minimum absolute atomic E-state index is 0.354. The molecular weight excluding hydrogens is 290 g/mol. The average Bonchev–Trinajstić information content (AvgIpc) is 2.78. The molecule has 108 valence electrons. The van der Waals surface area contributed by atoms with E-state index in [9.17, 15) is 0 Å². The highest BCUT2D eigenvalue weighted by Gasteiger charge is 2.17. The SMILES string of the molecule is CC(CN1CCCCC1)n1c(=S)[nH]c2c(Cl)cccc21. The van der Waals surface area contributed by atoms with Gasteiger partial charge in [-0.25, -0.2) is 0 Å². The Hall–Kier alpha value is -0.840. The first-order chi connectivity index (χ1) is 9.66. The molecule has 2 heterocycles. The smallest absolute Gasteiger partial charge is 0.178 e. The maximum Gasteiger partial charge on any atom is 0.178 e. The molecule has 1 aromatic carbocycles. The van der Waals surface area contributed by atoms with Crippen molar-refractivity contribution in [2.45, 2.75) is 32.2 Å². The van der Waals surface area contributed by atoms with Gasteiger partial charge < -0.3 is 14.5 Å². The van der Waals surface area contributed by atoms with Gasteiger partial charge in [0, 0.05) is 12.6 Å². The fourth-order valence-electron chi connectivity index (χ4n) is 3.15. The van der Waals surface area contributed by atoms with Crippen molar-refractivity contribution < 1.29 is 0 Å². The molecule has 3 rings (SSSR count). The number of imidazole rings is 1. The van der Waals surface area contributed by atoms with Crippen LogP contribution < -0.4 is 0 Å². The number of hydrogen-bond donors (Lipinski definition) is 1. The topological polar surface area (TPSA) is 24.0 Å². The number of aromatic nitrogens is 2. The molecule has 20 heavy (non-hydrogen) atoms. The van der Waals surface area contributed by atoms with E-state index in [2.05, 4.69) is 27.4 Å². The summed E-state index contributed by atoms with van der Waals surface area (Å²) >= 11 is 11.7. The Balaban J connectivity index is 1.91. The highest BCUT2D eigenvalue weighted by Crippen LogP contribution is 2.26. The molecule has 3 nitrogen and oxygen atoms in total. The summed E-state index contributed by atoms with van der Waals surface area (Å²) in [4.78, 5) is 5.78. The number of nitrogens with one attached hydrogen (secondary N) is 1. The molecule has 0 bridgehead atoms. The summed E-state index contributed by atoms with van der Waals surface area (Å²) in [7, 11) is 0. The minimum Gasteiger partial charge on any atom is -0.329 e. The summed E-state index contributed by atoms with van der Waals surface area (Å²) in [6, 6.07) is 6.32. The lowest BCUT2D eigenvalue weighted by atomic mass is 10.1. The predicted molar refractivity (Wildman–Crippen MR) is 87.1 cm³/mol. The van der Waals surface area contributed by atoms with Crippen molar-refractivity contribution in [1.29, 1.82) is 0 Å². The zero-order valence-corrected chi connectivity index (χ0v) is 13.3. The van der Waals surface area contributed by atoms with E-state index in [1.54, 1.807) is 0 Å².